The molecular weight excluding hydrogens is 330 g/mol. The summed E-state index contributed by atoms with van der Waals surface area (Å²) in [6.07, 6.45) is 5.64. The van der Waals surface area contributed by atoms with Gasteiger partial charge in [0.1, 0.15) is 5.69 Å². The van der Waals surface area contributed by atoms with Gasteiger partial charge in [-0.05, 0) is 24.0 Å². The standard InChI is InChI=1S/C16H17N3O2S2/c1-22-13-4-2-12(3-5-13)10-18(6-8-20)15(21)14-11-19-7-9-23-16(19)17-14/h2-5,7,9,11,20H,6,8,10H2,1H3. The number of thiazole rings is 1. The normalized spacial score (nSPS) is 11.0. The SMILES string of the molecule is CSc1ccc(CN(CCO)C(=O)c2cn3ccsc3n2)cc1. The zero-order valence-electron chi connectivity index (χ0n) is 12.7. The highest BCUT2D eigenvalue weighted by atomic mass is 32.2. The fraction of sp³-hybridized carbons (Fsp3) is 0.250. The summed E-state index contributed by atoms with van der Waals surface area (Å²) in [5.41, 5.74) is 1.44. The minimum Gasteiger partial charge on any atom is -0.395 e. The molecule has 0 atom stereocenters. The molecule has 0 fully saturated rings. The summed E-state index contributed by atoms with van der Waals surface area (Å²) < 4.78 is 1.84. The summed E-state index contributed by atoms with van der Waals surface area (Å²) >= 11 is 3.17. The van der Waals surface area contributed by atoms with Crippen LogP contribution in [-0.2, 0) is 6.54 Å². The second kappa shape index (κ2) is 7.16. The Bertz CT molecular complexity index is 767. The van der Waals surface area contributed by atoms with Crippen LogP contribution in [0.3, 0.4) is 0 Å². The average molecular weight is 347 g/mol. The Balaban J connectivity index is 1.79. The van der Waals surface area contributed by atoms with Gasteiger partial charge in [0.25, 0.3) is 5.91 Å². The van der Waals surface area contributed by atoms with E-state index in [2.05, 4.69) is 4.98 Å². The molecule has 1 amide bonds. The number of aromatic nitrogens is 2. The van der Waals surface area contributed by atoms with Crippen molar-refractivity contribution in [1.82, 2.24) is 14.3 Å². The van der Waals surface area contributed by atoms with E-state index in [0.29, 0.717) is 12.2 Å². The maximum Gasteiger partial charge on any atom is 0.274 e. The predicted molar refractivity (Wildman–Crippen MR) is 93.1 cm³/mol. The first-order valence-electron chi connectivity index (χ1n) is 7.16. The molecule has 3 aromatic rings. The summed E-state index contributed by atoms with van der Waals surface area (Å²) in [6.45, 7) is 0.671. The lowest BCUT2D eigenvalue weighted by molar-refractivity contribution is 0.0702. The first-order chi connectivity index (χ1) is 11.2. The highest BCUT2D eigenvalue weighted by molar-refractivity contribution is 7.98. The van der Waals surface area contributed by atoms with Crippen molar-refractivity contribution in [2.45, 2.75) is 11.4 Å². The van der Waals surface area contributed by atoms with Crippen LogP contribution in [0.15, 0.2) is 46.9 Å². The number of aliphatic hydroxyl groups is 1. The van der Waals surface area contributed by atoms with Crippen LogP contribution in [0.5, 0.6) is 0 Å². The van der Waals surface area contributed by atoms with Gasteiger partial charge in [-0.2, -0.15) is 0 Å². The van der Waals surface area contributed by atoms with Gasteiger partial charge in [0, 0.05) is 35.8 Å². The molecule has 2 heterocycles. The van der Waals surface area contributed by atoms with Gasteiger partial charge in [0.15, 0.2) is 4.96 Å². The number of nitrogens with zero attached hydrogens (tertiary/aromatic N) is 3. The van der Waals surface area contributed by atoms with Gasteiger partial charge in [0.05, 0.1) is 6.61 Å². The van der Waals surface area contributed by atoms with Crippen molar-refractivity contribution in [3.8, 4) is 0 Å². The molecule has 0 bridgehead atoms. The van der Waals surface area contributed by atoms with Gasteiger partial charge in [0.2, 0.25) is 0 Å². The molecule has 2 aromatic heterocycles. The molecule has 0 aliphatic rings. The minimum atomic E-state index is -0.163. The Morgan fingerprint density at radius 3 is 2.83 bits per heavy atom. The molecule has 120 valence electrons. The van der Waals surface area contributed by atoms with Crippen molar-refractivity contribution in [3.05, 3.63) is 53.3 Å². The molecule has 0 saturated heterocycles. The van der Waals surface area contributed by atoms with Gasteiger partial charge in [-0.25, -0.2) is 4.98 Å². The number of fused-ring (bicyclic) bond motifs is 1. The lowest BCUT2D eigenvalue weighted by Gasteiger charge is -2.21. The second-order valence-electron chi connectivity index (χ2n) is 5.02. The lowest BCUT2D eigenvalue weighted by Crippen LogP contribution is -2.33. The lowest BCUT2D eigenvalue weighted by atomic mass is 10.2. The summed E-state index contributed by atoms with van der Waals surface area (Å²) in [5.74, 6) is -0.163. The van der Waals surface area contributed by atoms with E-state index in [1.807, 2.05) is 46.5 Å². The minimum absolute atomic E-state index is 0.0726. The number of amides is 1. The van der Waals surface area contributed by atoms with Crippen LogP contribution in [-0.4, -0.2) is 44.7 Å². The number of aliphatic hydroxyl groups excluding tert-OH is 1. The van der Waals surface area contributed by atoms with E-state index in [4.69, 9.17) is 0 Å². The maximum atomic E-state index is 12.7. The highest BCUT2D eigenvalue weighted by Crippen LogP contribution is 2.17. The van der Waals surface area contributed by atoms with E-state index >= 15 is 0 Å². The molecule has 0 spiro atoms. The Labute approximate surface area is 142 Å². The van der Waals surface area contributed by atoms with E-state index in [1.54, 1.807) is 22.9 Å². The number of carbonyl (C=O) groups excluding carboxylic acids is 1. The molecule has 0 unspecified atom stereocenters. The number of imidazole rings is 1. The summed E-state index contributed by atoms with van der Waals surface area (Å²) in [4.78, 5) is 20.6. The largest absolute Gasteiger partial charge is 0.395 e. The Morgan fingerprint density at radius 1 is 1.39 bits per heavy atom. The number of benzene rings is 1. The molecule has 23 heavy (non-hydrogen) atoms. The number of rotatable bonds is 6. The van der Waals surface area contributed by atoms with Gasteiger partial charge in [-0.1, -0.05) is 12.1 Å². The van der Waals surface area contributed by atoms with E-state index in [1.165, 1.54) is 16.2 Å². The van der Waals surface area contributed by atoms with Gasteiger partial charge >= 0.3 is 0 Å². The van der Waals surface area contributed by atoms with Crippen molar-refractivity contribution in [1.29, 1.82) is 0 Å². The third-order valence-electron chi connectivity index (χ3n) is 3.50. The second-order valence-corrected chi connectivity index (χ2v) is 6.77. The third kappa shape index (κ3) is 3.57. The topological polar surface area (TPSA) is 57.8 Å². The van der Waals surface area contributed by atoms with Crippen LogP contribution >= 0.6 is 23.1 Å². The Kier molecular flexibility index (Phi) is 5.00. The first kappa shape index (κ1) is 16.0. The molecule has 1 N–H and O–H groups in total. The molecule has 3 rings (SSSR count). The van der Waals surface area contributed by atoms with E-state index in [0.717, 1.165) is 10.5 Å². The summed E-state index contributed by atoms with van der Waals surface area (Å²) in [6, 6.07) is 8.09. The predicted octanol–water partition coefficient (Wildman–Crippen LogP) is 2.75. The number of thioether (sulfide) groups is 1. The van der Waals surface area contributed by atoms with Crippen LogP contribution < -0.4 is 0 Å². The Morgan fingerprint density at radius 2 is 2.17 bits per heavy atom. The molecule has 7 heteroatoms. The number of carbonyl (C=O) groups is 1. The fourth-order valence-electron chi connectivity index (χ4n) is 2.32. The van der Waals surface area contributed by atoms with E-state index < -0.39 is 0 Å². The quantitative estimate of drug-likeness (QED) is 0.697. The van der Waals surface area contributed by atoms with Crippen LogP contribution in [0.1, 0.15) is 16.1 Å². The van der Waals surface area contributed by atoms with E-state index in [-0.39, 0.29) is 19.1 Å². The maximum absolute atomic E-state index is 12.7. The van der Waals surface area contributed by atoms with Gasteiger partial charge < -0.3 is 10.0 Å². The molecule has 0 radical (unpaired) electrons. The van der Waals surface area contributed by atoms with Crippen molar-refractivity contribution in [3.63, 3.8) is 0 Å². The van der Waals surface area contributed by atoms with Gasteiger partial charge in [-0.15, -0.1) is 23.1 Å². The Hall–Kier alpha value is -1.83. The molecule has 0 aliphatic carbocycles. The smallest absolute Gasteiger partial charge is 0.274 e. The van der Waals surface area contributed by atoms with Crippen LogP contribution in [0.25, 0.3) is 4.96 Å². The van der Waals surface area contributed by atoms with Crippen LogP contribution in [0.2, 0.25) is 0 Å². The molecule has 5 nitrogen and oxygen atoms in total. The number of hydrogen-bond donors (Lipinski definition) is 1. The monoisotopic (exact) mass is 347 g/mol. The molecular formula is C16H17N3O2S2. The molecule has 0 saturated carbocycles. The fourth-order valence-corrected chi connectivity index (χ4v) is 3.43. The van der Waals surface area contributed by atoms with Gasteiger partial charge in [-0.3, -0.25) is 9.20 Å². The average Bonchev–Trinajstić information content (AvgIpc) is 3.16. The number of hydrogen-bond acceptors (Lipinski definition) is 5. The van der Waals surface area contributed by atoms with Crippen molar-refractivity contribution < 1.29 is 9.90 Å². The van der Waals surface area contributed by atoms with Crippen molar-refractivity contribution in [2.24, 2.45) is 0 Å². The van der Waals surface area contributed by atoms with Crippen molar-refractivity contribution in [2.75, 3.05) is 19.4 Å². The van der Waals surface area contributed by atoms with Crippen LogP contribution in [0.4, 0.5) is 0 Å². The van der Waals surface area contributed by atoms with E-state index in [9.17, 15) is 9.90 Å². The zero-order chi connectivity index (χ0) is 16.2. The molecule has 0 aliphatic heterocycles. The van der Waals surface area contributed by atoms with Crippen LogP contribution in [0, 0.1) is 0 Å². The first-order valence-corrected chi connectivity index (χ1v) is 9.27. The highest BCUT2D eigenvalue weighted by Gasteiger charge is 2.19. The molecule has 1 aromatic carbocycles. The van der Waals surface area contributed by atoms with Crippen molar-refractivity contribution >= 4 is 34.0 Å². The summed E-state index contributed by atoms with van der Waals surface area (Å²) in [5, 5.41) is 11.2. The summed E-state index contributed by atoms with van der Waals surface area (Å²) in [7, 11) is 0. The third-order valence-corrected chi connectivity index (χ3v) is 5.02. The zero-order valence-corrected chi connectivity index (χ0v) is 14.3.